The van der Waals surface area contributed by atoms with Gasteiger partial charge in [-0.05, 0) is 46.0 Å². The molecule has 2 heterocycles. The SMILES string of the molecule is CN(C)C(=O)CN1CC[C@@H](Nc2cccc3c(CC(F)(F)F)c(I)sc23)[C@@H](F)C1. The number of alkyl halides is 4. The number of piperidine rings is 1. The molecule has 29 heavy (non-hydrogen) atoms. The predicted molar refractivity (Wildman–Crippen MR) is 116 cm³/mol. The highest BCUT2D eigenvalue weighted by molar-refractivity contribution is 14.1. The highest BCUT2D eigenvalue weighted by atomic mass is 127. The zero-order chi connectivity index (χ0) is 21.3. The van der Waals surface area contributed by atoms with Gasteiger partial charge in [-0.3, -0.25) is 9.69 Å². The normalized spacial score (nSPS) is 20.8. The molecule has 2 atom stereocenters. The quantitative estimate of drug-likeness (QED) is 0.445. The monoisotopic (exact) mass is 543 g/mol. The molecule has 1 aliphatic heterocycles. The number of benzene rings is 1. The van der Waals surface area contributed by atoms with Crippen LogP contribution >= 0.6 is 33.9 Å². The first kappa shape index (κ1) is 22.5. The van der Waals surface area contributed by atoms with Crippen molar-refractivity contribution in [1.29, 1.82) is 0 Å². The zero-order valence-corrected chi connectivity index (χ0v) is 19.0. The fourth-order valence-corrected chi connectivity index (χ4v) is 5.59. The fourth-order valence-electron chi connectivity index (χ4n) is 3.43. The van der Waals surface area contributed by atoms with E-state index in [2.05, 4.69) is 5.32 Å². The summed E-state index contributed by atoms with van der Waals surface area (Å²) in [6, 6.07) is 4.71. The molecule has 2 aromatic rings. The Kier molecular flexibility index (Phi) is 6.94. The lowest BCUT2D eigenvalue weighted by Gasteiger charge is -2.35. The minimum Gasteiger partial charge on any atom is -0.378 e. The second kappa shape index (κ2) is 8.93. The van der Waals surface area contributed by atoms with Crippen LogP contribution in [0.3, 0.4) is 0 Å². The van der Waals surface area contributed by atoms with Crippen LogP contribution in [0.4, 0.5) is 23.2 Å². The lowest BCUT2D eigenvalue weighted by atomic mass is 10.0. The van der Waals surface area contributed by atoms with Crippen LogP contribution in [0.25, 0.3) is 10.1 Å². The van der Waals surface area contributed by atoms with Crippen LogP contribution in [0.2, 0.25) is 0 Å². The Labute approximate surface area is 184 Å². The van der Waals surface area contributed by atoms with Gasteiger partial charge in [-0.2, -0.15) is 13.2 Å². The summed E-state index contributed by atoms with van der Waals surface area (Å²) in [5.41, 5.74) is 0.930. The van der Waals surface area contributed by atoms with Crippen molar-refractivity contribution in [3.63, 3.8) is 0 Å². The minimum absolute atomic E-state index is 0.0706. The number of rotatable bonds is 5. The van der Waals surface area contributed by atoms with E-state index in [9.17, 15) is 22.4 Å². The molecule has 1 aromatic carbocycles. The van der Waals surface area contributed by atoms with Crippen LogP contribution < -0.4 is 5.32 Å². The first-order chi connectivity index (χ1) is 13.5. The number of likely N-dealkylation sites (N-methyl/N-ethyl adjacent to an activating group) is 1. The highest BCUT2D eigenvalue weighted by Gasteiger charge is 2.32. The van der Waals surface area contributed by atoms with Crippen LogP contribution in [-0.4, -0.2) is 67.8 Å². The van der Waals surface area contributed by atoms with Gasteiger partial charge in [0.15, 0.2) is 0 Å². The van der Waals surface area contributed by atoms with Crippen molar-refractivity contribution >= 4 is 55.6 Å². The molecule has 0 bridgehead atoms. The Morgan fingerprint density at radius 1 is 1.38 bits per heavy atom. The standard InChI is InChI=1S/C19H22F4IN3OS/c1-26(2)16(28)10-27-7-6-14(13(20)9-27)25-15-5-3-4-11-12(8-19(21,22)23)18(24)29-17(11)15/h3-5,13-14,25H,6-10H2,1-2H3/t13-,14+/m0/s1. The Bertz CT molecular complexity index is 886. The molecule has 0 unspecified atom stereocenters. The second-order valence-corrected chi connectivity index (χ2v) is 10.2. The Morgan fingerprint density at radius 3 is 2.72 bits per heavy atom. The smallest absolute Gasteiger partial charge is 0.378 e. The Balaban J connectivity index is 1.74. The largest absolute Gasteiger partial charge is 0.393 e. The van der Waals surface area contributed by atoms with E-state index in [1.54, 1.807) is 37.2 Å². The average molecular weight is 543 g/mol. The molecule has 0 radical (unpaired) electrons. The summed E-state index contributed by atoms with van der Waals surface area (Å²) in [4.78, 5) is 15.1. The van der Waals surface area contributed by atoms with Gasteiger partial charge in [0.2, 0.25) is 5.91 Å². The van der Waals surface area contributed by atoms with Crippen molar-refractivity contribution in [1.82, 2.24) is 9.80 Å². The molecular formula is C19H22F4IN3OS. The summed E-state index contributed by atoms with van der Waals surface area (Å²) in [6.07, 6.45) is -5.92. The van der Waals surface area contributed by atoms with E-state index in [4.69, 9.17) is 0 Å². The number of hydrogen-bond acceptors (Lipinski definition) is 4. The van der Waals surface area contributed by atoms with Gasteiger partial charge < -0.3 is 10.2 Å². The maximum atomic E-state index is 14.8. The van der Waals surface area contributed by atoms with Crippen LogP contribution in [0, 0.1) is 2.88 Å². The molecule has 1 fully saturated rings. The number of likely N-dealkylation sites (tertiary alicyclic amines) is 1. The van der Waals surface area contributed by atoms with Gasteiger partial charge in [-0.25, -0.2) is 4.39 Å². The number of nitrogens with one attached hydrogen (secondary N) is 1. The van der Waals surface area contributed by atoms with Crippen molar-refractivity contribution < 1.29 is 22.4 Å². The third-order valence-corrected chi connectivity index (χ3v) is 7.35. The third kappa shape index (κ3) is 5.52. The summed E-state index contributed by atoms with van der Waals surface area (Å²) in [6.45, 7) is 0.906. The molecule has 0 spiro atoms. The fraction of sp³-hybridized carbons (Fsp3) is 0.526. The second-order valence-electron chi connectivity index (χ2n) is 7.41. The van der Waals surface area contributed by atoms with Gasteiger partial charge in [-0.15, -0.1) is 11.3 Å². The molecule has 1 amide bonds. The number of amides is 1. The topological polar surface area (TPSA) is 35.6 Å². The first-order valence-electron chi connectivity index (χ1n) is 9.15. The van der Waals surface area contributed by atoms with Crippen LogP contribution in [0.1, 0.15) is 12.0 Å². The van der Waals surface area contributed by atoms with Crippen molar-refractivity contribution in [2.24, 2.45) is 0 Å². The summed E-state index contributed by atoms with van der Waals surface area (Å²) in [5, 5.41) is 3.76. The molecule has 1 N–H and O–H groups in total. The Morgan fingerprint density at radius 2 is 2.10 bits per heavy atom. The summed E-state index contributed by atoms with van der Waals surface area (Å²) in [5.74, 6) is -0.0706. The van der Waals surface area contributed by atoms with Crippen molar-refractivity contribution in [3.8, 4) is 0 Å². The summed E-state index contributed by atoms with van der Waals surface area (Å²) in [7, 11) is 3.33. The van der Waals surface area contributed by atoms with E-state index in [1.807, 2.05) is 22.6 Å². The third-order valence-electron chi connectivity index (χ3n) is 4.97. The lowest BCUT2D eigenvalue weighted by Crippen LogP contribution is -2.50. The predicted octanol–water partition coefficient (Wildman–Crippen LogP) is 4.52. The molecule has 160 valence electrons. The summed E-state index contributed by atoms with van der Waals surface area (Å²) >= 11 is 3.23. The number of thiophene rings is 1. The number of nitrogens with zero attached hydrogens (tertiary/aromatic N) is 2. The van der Waals surface area contributed by atoms with Gasteiger partial charge in [0.25, 0.3) is 0 Å². The Hall–Kier alpha value is -1.14. The number of hydrogen-bond donors (Lipinski definition) is 1. The first-order valence-corrected chi connectivity index (χ1v) is 11.0. The molecule has 0 aliphatic carbocycles. The number of carbonyl (C=O) groups excluding carboxylic acids is 1. The molecule has 1 aliphatic rings. The lowest BCUT2D eigenvalue weighted by molar-refractivity contribution is -0.130. The molecule has 4 nitrogen and oxygen atoms in total. The van der Waals surface area contributed by atoms with Crippen LogP contribution in [0.15, 0.2) is 18.2 Å². The van der Waals surface area contributed by atoms with Crippen LogP contribution in [0.5, 0.6) is 0 Å². The number of anilines is 1. The van der Waals surface area contributed by atoms with E-state index in [0.29, 0.717) is 31.6 Å². The van der Waals surface area contributed by atoms with E-state index in [-0.39, 0.29) is 24.6 Å². The highest BCUT2D eigenvalue weighted by Crippen LogP contribution is 2.40. The van der Waals surface area contributed by atoms with E-state index < -0.39 is 24.8 Å². The number of fused-ring (bicyclic) bond motifs is 1. The molecule has 3 rings (SSSR count). The molecular weight excluding hydrogens is 521 g/mol. The van der Waals surface area contributed by atoms with Gasteiger partial charge in [0.05, 0.1) is 32.3 Å². The van der Waals surface area contributed by atoms with Crippen LogP contribution in [-0.2, 0) is 11.2 Å². The average Bonchev–Trinajstić information content (AvgIpc) is 2.92. The molecule has 10 heteroatoms. The van der Waals surface area contributed by atoms with E-state index >= 15 is 0 Å². The summed E-state index contributed by atoms with van der Waals surface area (Å²) < 4.78 is 54.9. The maximum Gasteiger partial charge on any atom is 0.393 e. The minimum atomic E-state index is -4.28. The van der Waals surface area contributed by atoms with E-state index in [0.717, 1.165) is 0 Å². The molecule has 1 aromatic heterocycles. The number of halogens is 5. The van der Waals surface area contributed by atoms with Gasteiger partial charge in [-0.1, -0.05) is 12.1 Å². The van der Waals surface area contributed by atoms with Gasteiger partial charge in [0.1, 0.15) is 6.17 Å². The van der Waals surface area contributed by atoms with Gasteiger partial charge >= 0.3 is 6.18 Å². The van der Waals surface area contributed by atoms with Crippen molar-refractivity contribution in [3.05, 3.63) is 26.6 Å². The maximum absolute atomic E-state index is 14.8. The van der Waals surface area contributed by atoms with Crippen molar-refractivity contribution in [2.45, 2.75) is 31.2 Å². The number of carbonyl (C=O) groups is 1. The van der Waals surface area contributed by atoms with E-state index in [1.165, 1.54) is 16.2 Å². The zero-order valence-electron chi connectivity index (χ0n) is 16.0. The molecule has 0 saturated carbocycles. The van der Waals surface area contributed by atoms with Gasteiger partial charge in [0, 0.05) is 27.2 Å². The van der Waals surface area contributed by atoms with Crippen molar-refractivity contribution in [2.75, 3.05) is 39.0 Å². The molecule has 1 saturated heterocycles.